The first-order valence-corrected chi connectivity index (χ1v) is 7.21. The zero-order valence-corrected chi connectivity index (χ0v) is 12.2. The second-order valence-electron chi connectivity index (χ2n) is 5.61. The van der Waals surface area contributed by atoms with Gasteiger partial charge >= 0.3 is 0 Å². The van der Waals surface area contributed by atoms with Gasteiger partial charge in [0.05, 0.1) is 0 Å². The summed E-state index contributed by atoms with van der Waals surface area (Å²) < 4.78 is 0. The van der Waals surface area contributed by atoms with Crippen molar-refractivity contribution in [3.8, 4) is 0 Å². The first-order valence-electron chi connectivity index (χ1n) is 7.21. The smallest absolute Gasteiger partial charge is 0.222 e. The molecule has 1 saturated carbocycles. The van der Waals surface area contributed by atoms with Crippen LogP contribution in [-0.4, -0.2) is 55.0 Å². The molecule has 1 fully saturated rings. The van der Waals surface area contributed by atoms with E-state index in [4.69, 9.17) is 5.73 Å². The van der Waals surface area contributed by atoms with Gasteiger partial charge in [0.1, 0.15) is 0 Å². The fourth-order valence-corrected chi connectivity index (χ4v) is 3.06. The van der Waals surface area contributed by atoms with Crippen LogP contribution in [0.1, 0.15) is 45.4 Å². The first kappa shape index (κ1) is 15.4. The highest BCUT2D eigenvalue weighted by Crippen LogP contribution is 2.34. The second-order valence-corrected chi connectivity index (χ2v) is 5.61. The molecule has 0 unspecified atom stereocenters. The van der Waals surface area contributed by atoms with Gasteiger partial charge in [0.25, 0.3) is 0 Å². The van der Waals surface area contributed by atoms with Crippen molar-refractivity contribution in [2.24, 2.45) is 5.73 Å². The van der Waals surface area contributed by atoms with Crippen LogP contribution >= 0.6 is 0 Å². The van der Waals surface area contributed by atoms with Crippen LogP contribution in [0.2, 0.25) is 0 Å². The highest BCUT2D eigenvalue weighted by Gasteiger charge is 2.37. The third-order valence-electron chi connectivity index (χ3n) is 4.28. The van der Waals surface area contributed by atoms with Gasteiger partial charge in [-0.15, -0.1) is 0 Å². The third kappa shape index (κ3) is 3.69. The maximum atomic E-state index is 11.6. The Hall–Kier alpha value is -0.610. The molecule has 0 heterocycles. The molecule has 0 aliphatic heterocycles. The summed E-state index contributed by atoms with van der Waals surface area (Å²) in [5, 5.41) is 0. The van der Waals surface area contributed by atoms with Gasteiger partial charge in [-0.05, 0) is 32.4 Å². The van der Waals surface area contributed by atoms with Crippen LogP contribution in [0, 0.1) is 0 Å². The Morgan fingerprint density at radius 2 is 1.89 bits per heavy atom. The zero-order chi connectivity index (χ0) is 13.6. The molecule has 4 heteroatoms. The van der Waals surface area contributed by atoms with E-state index < -0.39 is 0 Å². The van der Waals surface area contributed by atoms with E-state index >= 15 is 0 Å². The molecule has 1 amide bonds. The third-order valence-corrected chi connectivity index (χ3v) is 4.28. The molecule has 1 aliphatic rings. The summed E-state index contributed by atoms with van der Waals surface area (Å²) in [6, 6.07) is 0. The maximum absolute atomic E-state index is 11.6. The minimum Gasteiger partial charge on any atom is -0.349 e. The first-order chi connectivity index (χ1) is 8.55. The van der Waals surface area contributed by atoms with Crippen molar-refractivity contribution in [2.75, 3.05) is 33.7 Å². The van der Waals surface area contributed by atoms with Gasteiger partial charge in [0.15, 0.2) is 0 Å². The number of hydrogen-bond donors (Lipinski definition) is 1. The molecule has 0 spiro atoms. The molecule has 2 N–H and O–H groups in total. The molecule has 0 aromatic rings. The normalized spacial score (nSPS) is 18.3. The second kappa shape index (κ2) is 7.10. The summed E-state index contributed by atoms with van der Waals surface area (Å²) in [5.41, 5.74) is 6.23. The number of carbonyl (C=O) groups excluding carboxylic acids is 1. The van der Waals surface area contributed by atoms with E-state index in [1.807, 2.05) is 14.1 Å². The standard InChI is InChI=1S/C14H29N3O/c1-4-17(11-7-8-13(18)16(2)3)14(12-15)9-5-6-10-14/h4-12,15H2,1-3H3. The van der Waals surface area contributed by atoms with E-state index in [2.05, 4.69) is 11.8 Å². The lowest BCUT2D eigenvalue weighted by atomic mass is 9.94. The Kier molecular flexibility index (Phi) is 6.09. The van der Waals surface area contributed by atoms with E-state index in [0.29, 0.717) is 6.42 Å². The minimum atomic E-state index is 0.218. The average Bonchev–Trinajstić information content (AvgIpc) is 2.84. The molecule has 0 atom stereocenters. The molecular formula is C14H29N3O. The molecule has 18 heavy (non-hydrogen) atoms. The summed E-state index contributed by atoms with van der Waals surface area (Å²) in [4.78, 5) is 15.7. The molecule has 0 aromatic carbocycles. The molecule has 0 saturated heterocycles. The van der Waals surface area contributed by atoms with Gasteiger partial charge in [-0.1, -0.05) is 19.8 Å². The van der Waals surface area contributed by atoms with Crippen LogP contribution in [-0.2, 0) is 4.79 Å². The summed E-state index contributed by atoms with van der Waals surface area (Å²) >= 11 is 0. The number of likely N-dealkylation sites (N-methyl/N-ethyl adjacent to an activating group) is 1. The summed E-state index contributed by atoms with van der Waals surface area (Å²) in [6.07, 6.45) is 6.61. The quantitative estimate of drug-likeness (QED) is 0.749. The minimum absolute atomic E-state index is 0.218. The number of nitrogens with two attached hydrogens (primary N) is 1. The Labute approximate surface area is 111 Å². The highest BCUT2D eigenvalue weighted by atomic mass is 16.2. The van der Waals surface area contributed by atoms with Gasteiger partial charge < -0.3 is 10.6 Å². The van der Waals surface area contributed by atoms with Crippen LogP contribution < -0.4 is 5.73 Å². The molecule has 106 valence electrons. The van der Waals surface area contributed by atoms with Crippen molar-refractivity contribution < 1.29 is 4.79 Å². The van der Waals surface area contributed by atoms with Crippen LogP contribution in [0.4, 0.5) is 0 Å². The Balaban J connectivity index is 2.44. The monoisotopic (exact) mass is 255 g/mol. The van der Waals surface area contributed by atoms with E-state index in [-0.39, 0.29) is 11.4 Å². The number of nitrogens with zero attached hydrogens (tertiary/aromatic N) is 2. The Bertz CT molecular complexity index is 260. The van der Waals surface area contributed by atoms with Gasteiger partial charge in [0, 0.05) is 32.6 Å². The van der Waals surface area contributed by atoms with Crippen molar-refractivity contribution in [2.45, 2.75) is 51.0 Å². The van der Waals surface area contributed by atoms with Gasteiger partial charge in [-0.2, -0.15) is 0 Å². The summed E-state index contributed by atoms with van der Waals surface area (Å²) in [5.74, 6) is 0.222. The molecule has 0 radical (unpaired) electrons. The van der Waals surface area contributed by atoms with Crippen LogP contribution in [0.25, 0.3) is 0 Å². The Morgan fingerprint density at radius 1 is 1.28 bits per heavy atom. The van der Waals surface area contributed by atoms with Crippen molar-refractivity contribution in [3.63, 3.8) is 0 Å². The average molecular weight is 255 g/mol. The number of carbonyl (C=O) groups is 1. The van der Waals surface area contributed by atoms with Crippen LogP contribution in [0.3, 0.4) is 0 Å². The molecule has 1 rings (SSSR count). The summed E-state index contributed by atoms with van der Waals surface area (Å²) in [6.45, 7) is 4.98. The SMILES string of the molecule is CCN(CCCC(=O)N(C)C)C1(CN)CCCC1. The topological polar surface area (TPSA) is 49.6 Å². The predicted octanol–water partition coefficient (Wildman–Crippen LogP) is 1.45. The van der Waals surface area contributed by atoms with Crippen molar-refractivity contribution in [3.05, 3.63) is 0 Å². The van der Waals surface area contributed by atoms with Crippen molar-refractivity contribution in [1.29, 1.82) is 0 Å². The van der Waals surface area contributed by atoms with Crippen LogP contribution in [0.15, 0.2) is 0 Å². The fraction of sp³-hybridized carbons (Fsp3) is 0.929. The number of amides is 1. The van der Waals surface area contributed by atoms with Gasteiger partial charge in [0.2, 0.25) is 5.91 Å². The lowest BCUT2D eigenvalue weighted by Crippen LogP contribution is -2.52. The van der Waals surface area contributed by atoms with Crippen LogP contribution in [0.5, 0.6) is 0 Å². The highest BCUT2D eigenvalue weighted by molar-refractivity contribution is 5.75. The predicted molar refractivity (Wildman–Crippen MR) is 75.4 cm³/mol. The molecule has 0 aromatic heterocycles. The Morgan fingerprint density at radius 3 is 2.33 bits per heavy atom. The molecular weight excluding hydrogens is 226 g/mol. The van der Waals surface area contributed by atoms with E-state index in [9.17, 15) is 4.79 Å². The van der Waals surface area contributed by atoms with Crippen molar-refractivity contribution in [1.82, 2.24) is 9.80 Å². The van der Waals surface area contributed by atoms with Crippen molar-refractivity contribution >= 4 is 5.91 Å². The number of hydrogen-bond acceptors (Lipinski definition) is 3. The molecule has 4 nitrogen and oxygen atoms in total. The zero-order valence-electron chi connectivity index (χ0n) is 12.2. The maximum Gasteiger partial charge on any atom is 0.222 e. The van der Waals surface area contributed by atoms with Gasteiger partial charge in [-0.25, -0.2) is 0 Å². The van der Waals surface area contributed by atoms with E-state index in [1.165, 1.54) is 25.7 Å². The molecule has 1 aliphatic carbocycles. The summed E-state index contributed by atoms with van der Waals surface area (Å²) in [7, 11) is 3.64. The number of rotatable bonds is 7. The lowest BCUT2D eigenvalue weighted by molar-refractivity contribution is -0.128. The largest absolute Gasteiger partial charge is 0.349 e. The lowest BCUT2D eigenvalue weighted by Gasteiger charge is -2.40. The fourth-order valence-electron chi connectivity index (χ4n) is 3.06. The van der Waals surface area contributed by atoms with E-state index in [1.54, 1.807) is 4.90 Å². The van der Waals surface area contributed by atoms with E-state index in [0.717, 1.165) is 26.1 Å². The van der Waals surface area contributed by atoms with Gasteiger partial charge in [-0.3, -0.25) is 9.69 Å². The molecule has 0 bridgehead atoms.